The lowest BCUT2D eigenvalue weighted by Crippen LogP contribution is -2.44. The summed E-state index contributed by atoms with van der Waals surface area (Å²) in [7, 11) is 0.234. The number of thiocarbonyl (C=S) groups is 1. The van der Waals surface area contributed by atoms with Crippen LogP contribution in [0.4, 0.5) is 0 Å². The van der Waals surface area contributed by atoms with Crippen LogP contribution in [0.3, 0.4) is 0 Å². The molecule has 2 aliphatic rings. The molecule has 23 heavy (non-hydrogen) atoms. The smallest absolute Gasteiger partial charge is 0.150 e. The zero-order valence-electron chi connectivity index (χ0n) is 14.2. The minimum atomic E-state index is -0.198. The molecule has 5 unspecified atom stereocenters. The van der Waals surface area contributed by atoms with E-state index in [1.165, 1.54) is 43.5 Å². The highest BCUT2D eigenvalue weighted by Crippen LogP contribution is 2.42. The molecule has 0 aromatic rings. The number of nitrogens with zero attached hydrogens (tertiary/aromatic N) is 3. The summed E-state index contributed by atoms with van der Waals surface area (Å²) in [5, 5.41) is 0. The molecule has 2 rings (SSSR count). The zero-order chi connectivity index (χ0) is 16.8. The summed E-state index contributed by atoms with van der Waals surface area (Å²) >= 11 is 7.11. The van der Waals surface area contributed by atoms with Crippen molar-refractivity contribution in [1.82, 2.24) is 4.90 Å². The molecule has 1 aliphatic heterocycles. The first-order valence-corrected chi connectivity index (χ1v) is 12.1. The van der Waals surface area contributed by atoms with E-state index in [-0.39, 0.29) is 20.1 Å². The van der Waals surface area contributed by atoms with Crippen molar-refractivity contribution in [1.29, 1.82) is 0 Å². The molecule has 0 spiro atoms. The van der Waals surface area contributed by atoms with Crippen LogP contribution in [0.25, 0.3) is 0 Å². The zero-order valence-corrected chi connectivity index (χ0v) is 16.8. The van der Waals surface area contributed by atoms with Crippen LogP contribution in [0.15, 0.2) is 9.98 Å². The van der Waals surface area contributed by atoms with Gasteiger partial charge in [0.15, 0.2) is 0 Å². The van der Waals surface area contributed by atoms with Crippen molar-refractivity contribution in [3.05, 3.63) is 0 Å². The summed E-state index contributed by atoms with van der Waals surface area (Å²) in [6.45, 7) is 6.06. The average Bonchev–Trinajstić information content (AvgIpc) is 3.17. The molecule has 0 aromatic heterocycles. The van der Waals surface area contributed by atoms with Gasteiger partial charge in [-0.05, 0) is 56.9 Å². The minimum absolute atomic E-state index is 0.0968. The Balaban J connectivity index is 1.84. The normalized spacial score (nSPS) is 31.5. The third-order valence-corrected chi connectivity index (χ3v) is 9.49. The Morgan fingerprint density at radius 1 is 1.57 bits per heavy atom. The molecule has 0 bridgehead atoms. The maximum atomic E-state index is 5.78. The van der Waals surface area contributed by atoms with Crippen LogP contribution in [-0.2, 0) is 0 Å². The number of rotatable bonds is 9. The molecule has 4 nitrogen and oxygen atoms in total. The third-order valence-electron chi connectivity index (χ3n) is 4.97. The lowest BCUT2D eigenvalue weighted by Gasteiger charge is -2.29. The Morgan fingerprint density at radius 3 is 2.96 bits per heavy atom. The van der Waals surface area contributed by atoms with Crippen molar-refractivity contribution in [3.63, 3.8) is 0 Å². The van der Waals surface area contributed by atoms with Crippen LogP contribution in [0.2, 0.25) is 0 Å². The molecule has 1 fully saturated rings. The van der Waals surface area contributed by atoms with Gasteiger partial charge in [-0.15, -0.1) is 0 Å². The molecular weight excluding hydrogens is 343 g/mol. The second-order valence-electron chi connectivity index (χ2n) is 6.41. The van der Waals surface area contributed by atoms with Crippen LogP contribution >= 0.6 is 31.9 Å². The monoisotopic (exact) mass is 372 g/mol. The maximum Gasteiger partial charge on any atom is 0.150 e. The first kappa shape index (κ1) is 19.1. The lowest BCUT2D eigenvalue weighted by atomic mass is 10.0. The Labute approximate surface area is 151 Å². The second-order valence-corrected chi connectivity index (χ2v) is 10.9. The Hall–Kier alpha value is -0.190. The first-order valence-electron chi connectivity index (χ1n) is 8.37. The number of thioether (sulfide) groups is 1. The van der Waals surface area contributed by atoms with Gasteiger partial charge in [-0.25, -0.2) is 0 Å². The van der Waals surface area contributed by atoms with Crippen molar-refractivity contribution in [3.8, 4) is 0 Å². The van der Waals surface area contributed by atoms with Crippen molar-refractivity contribution >= 4 is 49.9 Å². The minimum Gasteiger partial charge on any atom is -0.391 e. The van der Waals surface area contributed by atoms with Gasteiger partial charge >= 0.3 is 0 Å². The van der Waals surface area contributed by atoms with Crippen LogP contribution in [-0.4, -0.2) is 65.3 Å². The molecule has 0 amide bonds. The topological polar surface area (TPSA) is 54.0 Å². The molecule has 2 N–H and O–H groups in total. The molecule has 5 atom stereocenters. The summed E-state index contributed by atoms with van der Waals surface area (Å²) in [4.78, 5) is 11.4. The van der Waals surface area contributed by atoms with Gasteiger partial charge in [-0.1, -0.05) is 27.1 Å². The Morgan fingerprint density at radius 2 is 2.35 bits per heavy atom. The maximum absolute atomic E-state index is 5.78. The van der Waals surface area contributed by atoms with Crippen molar-refractivity contribution < 1.29 is 0 Å². The molecule has 1 heterocycles. The first-order chi connectivity index (χ1) is 11.1. The highest BCUT2D eigenvalue weighted by atomic mass is 32.2. The molecule has 0 radical (unpaired) electrons. The summed E-state index contributed by atoms with van der Waals surface area (Å²) in [5.41, 5.74) is 7.14. The Kier molecular flexibility index (Phi) is 7.77. The van der Waals surface area contributed by atoms with Crippen molar-refractivity contribution in [2.45, 2.75) is 50.9 Å². The quantitative estimate of drug-likeness (QED) is 0.383. The van der Waals surface area contributed by atoms with Gasteiger partial charge in [0, 0.05) is 11.5 Å². The number of hydrogen-bond acceptors (Lipinski definition) is 5. The third kappa shape index (κ3) is 4.90. The number of aliphatic imine (C=N–C) groups is 2. The molecule has 0 saturated heterocycles. The van der Waals surface area contributed by atoms with Gasteiger partial charge < -0.3 is 10.6 Å². The van der Waals surface area contributed by atoms with E-state index in [1.54, 1.807) is 0 Å². The van der Waals surface area contributed by atoms with Crippen molar-refractivity contribution in [2.75, 3.05) is 24.1 Å². The molecule has 130 valence electrons. The molecule has 1 saturated carbocycles. The second kappa shape index (κ2) is 9.33. The fourth-order valence-corrected chi connectivity index (χ4v) is 7.56. The summed E-state index contributed by atoms with van der Waals surface area (Å²) in [6.07, 6.45) is 12.0. The van der Waals surface area contributed by atoms with Crippen molar-refractivity contribution in [2.24, 2.45) is 21.6 Å². The SMILES string of the molecule is C=NC1C(C(N)=S)N=CN1C1CCC(CCP(CC)CSC)C1. The van der Waals surface area contributed by atoms with E-state index in [1.807, 2.05) is 18.1 Å². The van der Waals surface area contributed by atoms with Gasteiger partial charge in [-0.2, -0.15) is 11.8 Å². The molecule has 1 aliphatic carbocycles. The van der Waals surface area contributed by atoms with Gasteiger partial charge in [-0.3, -0.25) is 9.98 Å². The fourth-order valence-electron chi connectivity index (χ4n) is 3.63. The van der Waals surface area contributed by atoms with Gasteiger partial charge in [0.2, 0.25) is 0 Å². The predicted molar refractivity (Wildman–Crippen MR) is 111 cm³/mol. The van der Waals surface area contributed by atoms with E-state index in [4.69, 9.17) is 18.0 Å². The van der Waals surface area contributed by atoms with Gasteiger partial charge in [0.05, 0.1) is 6.34 Å². The van der Waals surface area contributed by atoms with Crippen LogP contribution in [0.1, 0.15) is 32.6 Å². The number of nitrogens with two attached hydrogens (primary N) is 1. The molecular formula is C16H29N4PS2. The summed E-state index contributed by atoms with van der Waals surface area (Å²) in [5.74, 6) is 0.848. The highest BCUT2D eigenvalue weighted by molar-refractivity contribution is 8.04. The van der Waals surface area contributed by atoms with E-state index in [0.717, 1.165) is 5.92 Å². The summed E-state index contributed by atoms with van der Waals surface area (Å²) in [6, 6.07) is 0.322. The standard InChI is InChI=1S/C16H29N4PS2/c1-4-21(11-23-3)8-7-12-5-6-13(9-12)20-10-19-14(15(17)22)16(20)18-2/h10,12-14,16H,2,4-9,11H2,1,3H3,(H2,17,22). The molecule has 7 heteroatoms. The largest absolute Gasteiger partial charge is 0.391 e. The van der Waals surface area contributed by atoms with Crippen LogP contribution in [0.5, 0.6) is 0 Å². The fraction of sp³-hybridized carbons (Fsp3) is 0.812. The van der Waals surface area contributed by atoms with E-state index >= 15 is 0 Å². The van der Waals surface area contributed by atoms with E-state index < -0.39 is 0 Å². The predicted octanol–water partition coefficient (Wildman–Crippen LogP) is 3.39. The van der Waals surface area contributed by atoms with Crippen LogP contribution < -0.4 is 5.73 Å². The molecule has 0 aromatic carbocycles. The lowest BCUT2D eigenvalue weighted by molar-refractivity contribution is 0.259. The van der Waals surface area contributed by atoms with E-state index in [0.29, 0.717) is 11.0 Å². The summed E-state index contributed by atoms with van der Waals surface area (Å²) < 4.78 is 0. The number of hydrogen-bond donors (Lipinski definition) is 1. The highest BCUT2D eigenvalue weighted by Gasteiger charge is 2.38. The van der Waals surface area contributed by atoms with E-state index in [9.17, 15) is 0 Å². The Bertz CT molecular complexity index is 446. The average molecular weight is 373 g/mol. The van der Waals surface area contributed by atoms with Crippen LogP contribution in [0, 0.1) is 5.92 Å². The van der Waals surface area contributed by atoms with E-state index in [2.05, 4.69) is 34.8 Å². The van der Waals surface area contributed by atoms with Gasteiger partial charge in [0.1, 0.15) is 17.2 Å². The van der Waals surface area contributed by atoms with Gasteiger partial charge in [0.25, 0.3) is 0 Å².